The Morgan fingerprint density at radius 3 is 2.21 bits per heavy atom. The van der Waals surface area contributed by atoms with Gasteiger partial charge in [-0.05, 0) is 36.4 Å². The van der Waals surface area contributed by atoms with E-state index in [0.717, 1.165) is 37.6 Å². The Labute approximate surface area is 166 Å². The fourth-order valence-electron chi connectivity index (χ4n) is 3.34. The summed E-state index contributed by atoms with van der Waals surface area (Å²) in [6.07, 6.45) is 0. The van der Waals surface area contributed by atoms with Crippen LogP contribution in [0.2, 0.25) is 0 Å². The van der Waals surface area contributed by atoms with Gasteiger partial charge in [0.25, 0.3) is 5.91 Å². The molecule has 1 heterocycles. The van der Waals surface area contributed by atoms with Gasteiger partial charge in [0, 0.05) is 43.5 Å². The summed E-state index contributed by atoms with van der Waals surface area (Å²) in [6.45, 7) is 6.98. The number of nitrogens with one attached hydrogen (secondary N) is 1. The second-order valence-corrected chi connectivity index (χ2v) is 7.17. The molecule has 2 aromatic rings. The quantitative estimate of drug-likeness (QED) is 0.864. The molecule has 6 heteroatoms. The number of rotatable bonds is 5. The van der Waals surface area contributed by atoms with Crippen molar-refractivity contribution >= 4 is 23.2 Å². The lowest BCUT2D eigenvalue weighted by molar-refractivity contribution is -0.134. The molecule has 2 aromatic carbocycles. The molecular weight excluding hydrogens is 354 g/mol. The van der Waals surface area contributed by atoms with Crippen molar-refractivity contribution in [1.82, 2.24) is 4.90 Å². The van der Waals surface area contributed by atoms with Crippen molar-refractivity contribution in [1.29, 1.82) is 0 Å². The van der Waals surface area contributed by atoms with Gasteiger partial charge in [-0.25, -0.2) is 0 Å². The molecule has 0 bridgehead atoms. The Morgan fingerprint density at radius 2 is 1.61 bits per heavy atom. The molecule has 3 rings (SSSR count). The van der Waals surface area contributed by atoms with Gasteiger partial charge in [0.1, 0.15) is 5.75 Å². The Bertz CT molecular complexity index is 825. The first-order chi connectivity index (χ1) is 13.5. The van der Waals surface area contributed by atoms with Crippen LogP contribution in [0.25, 0.3) is 0 Å². The van der Waals surface area contributed by atoms with Crippen LogP contribution in [-0.2, 0) is 4.79 Å². The highest BCUT2D eigenvalue weighted by atomic mass is 16.5. The van der Waals surface area contributed by atoms with Crippen LogP contribution in [0, 0.1) is 5.92 Å². The Kier molecular flexibility index (Phi) is 6.19. The van der Waals surface area contributed by atoms with Crippen molar-refractivity contribution in [2.24, 2.45) is 5.92 Å². The molecular formula is C22H27N3O3. The third-order valence-corrected chi connectivity index (χ3v) is 4.93. The Morgan fingerprint density at radius 1 is 0.964 bits per heavy atom. The van der Waals surface area contributed by atoms with Crippen LogP contribution < -0.4 is 15.0 Å². The SMILES string of the molecule is COc1ccccc1C(=O)Nc1ccc(N2CCN(C(=O)C(C)C)CC2)cc1. The number of carbonyl (C=O) groups excluding carboxylic acids is 2. The summed E-state index contributed by atoms with van der Waals surface area (Å²) in [5, 5.41) is 2.91. The zero-order chi connectivity index (χ0) is 20.1. The topological polar surface area (TPSA) is 61.9 Å². The largest absolute Gasteiger partial charge is 0.496 e. The number of ether oxygens (including phenoxy) is 1. The Hall–Kier alpha value is -3.02. The predicted octanol–water partition coefficient (Wildman–Crippen LogP) is 3.25. The minimum atomic E-state index is -0.203. The highest BCUT2D eigenvalue weighted by Crippen LogP contribution is 2.22. The molecule has 0 saturated carbocycles. The van der Waals surface area contributed by atoms with E-state index in [9.17, 15) is 9.59 Å². The molecule has 1 N–H and O–H groups in total. The molecule has 0 aromatic heterocycles. The monoisotopic (exact) mass is 381 g/mol. The van der Waals surface area contributed by atoms with Gasteiger partial charge < -0.3 is 19.9 Å². The molecule has 0 radical (unpaired) electrons. The second kappa shape index (κ2) is 8.78. The van der Waals surface area contributed by atoms with Crippen molar-refractivity contribution < 1.29 is 14.3 Å². The van der Waals surface area contributed by atoms with Gasteiger partial charge in [-0.15, -0.1) is 0 Å². The second-order valence-electron chi connectivity index (χ2n) is 7.17. The summed E-state index contributed by atoms with van der Waals surface area (Å²) in [5.74, 6) is 0.600. The first-order valence-electron chi connectivity index (χ1n) is 9.57. The van der Waals surface area contributed by atoms with E-state index in [1.54, 1.807) is 19.2 Å². The van der Waals surface area contributed by atoms with Gasteiger partial charge in [-0.3, -0.25) is 9.59 Å². The van der Waals surface area contributed by atoms with Crippen LogP contribution in [0.5, 0.6) is 5.75 Å². The predicted molar refractivity (Wildman–Crippen MR) is 111 cm³/mol. The number of nitrogens with zero attached hydrogens (tertiary/aromatic N) is 2. The van der Waals surface area contributed by atoms with Crippen molar-refractivity contribution in [3.8, 4) is 5.75 Å². The third-order valence-electron chi connectivity index (χ3n) is 4.93. The van der Waals surface area contributed by atoms with Crippen LogP contribution in [0.4, 0.5) is 11.4 Å². The standard InChI is InChI=1S/C22H27N3O3/c1-16(2)22(27)25-14-12-24(13-15-25)18-10-8-17(9-11-18)23-21(26)19-6-4-5-7-20(19)28-3/h4-11,16H,12-15H2,1-3H3,(H,23,26). The first kappa shape index (κ1) is 19.7. The third kappa shape index (κ3) is 4.44. The number of piperazine rings is 1. The summed E-state index contributed by atoms with van der Waals surface area (Å²) in [4.78, 5) is 28.8. The molecule has 1 aliphatic rings. The highest BCUT2D eigenvalue weighted by Gasteiger charge is 2.23. The van der Waals surface area contributed by atoms with Gasteiger partial charge in [0.2, 0.25) is 5.91 Å². The van der Waals surface area contributed by atoms with E-state index in [1.165, 1.54) is 0 Å². The first-order valence-corrected chi connectivity index (χ1v) is 9.57. The van der Waals surface area contributed by atoms with Crippen LogP contribution >= 0.6 is 0 Å². The van der Waals surface area contributed by atoms with Gasteiger partial charge in [0.05, 0.1) is 12.7 Å². The molecule has 6 nitrogen and oxygen atoms in total. The summed E-state index contributed by atoms with van der Waals surface area (Å²) in [6, 6.07) is 14.9. The normalized spacial score (nSPS) is 14.1. The van der Waals surface area contributed by atoms with E-state index in [-0.39, 0.29) is 17.7 Å². The van der Waals surface area contributed by atoms with Crippen LogP contribution in [0.1, 0.15) is 24.2 Å². The highest BCUT2D eigenvalue weighted by molar-refractivity contribution is 6.06. The molecule has 1 saturated heterocycles. The molecule has 1 aliphatic heterocycles. The van der Waals surface area contributed by atoms with Crippen molar-refractivity contribution in [3.05, 3.63) is 54.1 Å². The fourth-order valence-corrected chi connectivity index (χ4v) is 3.34. The molecule has 2 amide bonds. The van der Waals surface area contributed by atoms with Gasteiger partial charge >= 0.3 is 0 Å². The lowest BCUT2D eigenvalue weighted by atomic mass is 10.1. The molecule has 148 valence electrons. The number of anilines is 2. The van der Waals surface area contributed by atoms with Crippen LogP contribution in [0.15, 0.2) is 48.5 Å². The fraction of sp³-hybridized carbons (Fsp3) is 0.364. The maximum Gasteiger partial charge on any atom is 0.259 e. The number of amides is 2. The van der Waals surface area contributed by atoms with Crippen molar-refractivity contribution in [2.75, 3.05) is 43.5 Å². The van der Waals surface area contributed by atoms with Gasteiger partial charge in [-0.1, -0.05) is 26.0 Å². The minimum absolute atomic E-state index is 0.0395. The molecule has 0 unspecified atom stereocenters. The van der Waals surface area contributed by atoms with E-state index in [1.807, 2.05) is 55.1 Å². The smallest absolute Gasteiger partial charge is 0.259 e. The van der Waals surface area contributed by atoms with E-state index in [0.29, 0.717) is 11.3 Å². The number of benzene rings is 2. The number of para-hydroxylation sites is 1. The van der Waals surface area contributed by atoms with E-state index < -0.39 is 0 Å². The van der Waals surface area contributed by atoms with Gasteiger partial charge in [-0.2, -0.15) is 0 Å². The lowest BCUT2D eigenvalue weighted by Crippen LogP contribution is -2.49. The zero-order valence-corrected chi connectivity index (χ0v) is 16.6. The summed E-state index contributed by atoms with van der Waals surface area (Å²) < 4.78 is 5.25. The number of carbonyl (C=O) groups is 2. The maximum atomic E-state index is 12.5. The maximum absolute atomic E-state index is 12.5. The zero-order valence-electron chi connectivity index (χ0n) is 16.6. The molecule has 0 aliphatic carbocycles. The average molecular weight is 381 g/mol. The minimum Gasteiger partial charge on any atom is -0.496 e. The lowest BCUT2D eigenvalue weighted by Gasteiger charge is -2.37. The molecule has 1 fully saturated rings. The van der Waals surface area contributed by atoms with Gasteiger partial charge in [0.15, 0.2) is 0 Å². The summed E-state index contributed by atoms with van der Waals surface area (Å²) in [5.41, 5.74) is 2.32. The van der Waals surface area contributed by atoms with Crippen LogP contribution in [0.3, 0.4) is 0 Å². The van der Waals surface area contributed by atoms with E-state index in [2.05, 4.69) is 10.2 Å². The Balaban J connectivity index is 1.60. The van der Waals surface area contributed by atoms with E-state index in [4.69, 9.17) is 4.74 Å². The number of methoxy groups -OCH3 is 1. The van der Waals surface area contributed by atoms with Crippen molar-refractivity contribution in [2.45, 2.75) is 13.8 Å². The molecule has 0 spiro atoms. The van der Waals surface area contributed by atoms with E-state index >= 15 is 0 Å². The number of hydrogen-bond acceptors (Lipinski definition) is 4. The molecule has 28 heavy (non-hydrogen) atoms. The average Bonchev–Trinajstić information content (AvgIpc) is 2.73. The summed E-state index contributed by atoms with van der Waals surface area (Å²) >= 11 is 0. The van der Waals surface area contributed by atoms with Crippen LogP contribution in [-0.4, -0.2) is 50.0 Å². The number of hydrogen-bond donors (Lipinski definition) is 1. The van der Waals surface area contributed by atoms with Crippen molar-refractivity contribution in [3.63, 3.8) is 0 Å². The molecule has 0 atom stereocenters. The summed E-state index contributed by atoms with van der Waals surface area (Å²) in [7, 11) is 1.55.